The largest absolute Gasteiger partial charge is 0.489 e. The van der Waals surface area contributed by atoms with E-state index in [9.17, 15) is 0 Å². The second-order valence-electron chi connectivity index (χ2n) is 4.75. The second-order valence-corrected chi connectivity index (χ2v) is 5.57. The number of nitrogens with one attached hydrogen (secondary N) is 1. The van der Waals surface area contributed by atoms with Crippen LogP contribution in [-0.2, 0) is 0 Å². The minimum Gasteiger partial charge on any atom is -0.489 e. The van der Waals surface area contributed by atoms with Crippen LogP contribution in [0.15, 0.2) is 42.5 Å². The van der Waals surface area contributed by atoms with Gasteiger partial charge in [-0.25, -0.2) is 0 Å². The Labute approximate surface area is 129 Å². The summed E-state index contributed by atoms with van der Waals surface area (Å²) in [6, 6.07) is 13.5. The van der Waals surface area contributed by atoms with Gasteiger partial charge in [0.05, 0.1) is 16.6 Å². The molecule has 0 spiro atoms. The van der Waals surface area contributed by atoms with Crippen LogP contribution in [0.1, 0.15) is 12.5 Å². The van der Waals surface area contributed by atoms with Crippen LogP contribution >= 0.6 is 23.2 Å². The summed E-state index contributed by atoms with van der Waals surface area (Å²) in [6.45, 7) is 4.75. The van der Waals surface area contributed by atoms with Gasteiger partial charge in [0.25, 0.3) is 0 Å². The van der Waals surface area contributed by atoms with Crippen molar-refractivity contribution in [3.8, 4) is 5.75 Å². The molecular weight excluding hydrogens is 293 g/mol. The molecule has 0 heterocycles. The molecule has 1 atom stereocenters. The van der Waals surface area contributed by atoms with Gasteiger partial charge in [-0.3, -0.25) is 0 Å². The maximum atomic E-state index is 5.97. The third-order valence-corrected chi connectivity index (χ3v) is 3.58. The minimum atomic E-state index is 0.0475. The molecule has 0 aliphatic carbocycles. The summed E-state index contributed by atoms with van der Waals surface area (Å²) in [7, 11) is 0. The summed E-state index contributed by atoms with van der Waals surface area (Å²) in [5.74, 6) is 0.883. The summed E-state index contributed by atoms with van der Waals surface area (Å²) in [4.78, 5) is 0. The minimum absolute atomic E-state index is 0.0475. The lowest BCUT2D eigenvalue weighted by atomic mass is 10.2. The van der Waals surface area contributed by atoms with Crippen molar-refractivity contribution in [2.45, 2.75) is 20.0 Å². The van der Waals surface area contributed by atoms with Gasteiger partial charge in [0.1, 0.15) is 11.9 Å². The molecule has 106 valence electrons. The quantitative estimate of drug-likeness (QED) is 0.821. The standard InChI is InChI=1S/C16H17Cl2NO/c1-11-4-3-5-14(8-11)20-12(2)10-19-13-6-7-15(17)16(18)9-13/h3-9,12,19H,10H2,1-2H3/t12-/m1/s1. The molecule has 0 aromatic heterocycles. The number of hydrogen-bond acceptors (Lipinski definition) is 2. The Morgan fingerprint density at radius 3 is 2.60 bits per heavy atom. The zero-order valence-corrected chi connectivity index (χ0v) is 13.0. The Hall–Kier alpha value is -1.38. The normalized spacial score (nSPS) is 12.0. The van der Waals surface area contributed by atoms with Gasteiger partial charge in [-0.05, 0) is 49.7 Å². The summed E-state index contributed by atoms with van der Waals surface area (Å²) >= 11 is 11.9. The molecule has 20 heavy (non-hydrogen) atoms. The molecule has 0 unspecified atom stereocenters. The first kappa shape index (κ1) is 15.0. The summed E-state index contributed by atoms with van der Waals surface area (Å²) in [6.07, 6.45) is 0.0475. The predicted molar refractivity (Wildman–Crippen MR) is 86.2 cm³/mol. The molecule has 0 fully saturated rings. The first-order chi connectivity index (χ1) is 9.54. The molecular formula is C16H17Cl2NO. The summed E-state index contributed by atoms with van der Waals surface area (Å²) < 4.78 is 5.85. The molecule has 0 saturated carbocycles. The highest BCUT2D eigenvalue weighted by molar-refractivity contribution is 6.42. The fourth-order valence-electron chi connectivity index (χ4n) is 1.83. The average molecular weight is 310 g/mol. The lowest BCUT2D eigenvalue weighted by Crippen LogP contribution is -2.22. The molecule has 4 heteroatoms. The van der Waals surface area contributed by atoms with Crippen molar-refractivity contribution in [3.05, 3.63) is 58.1 Å². The molecule has 0 aliphatic heterocycles. The van der Waals surface area contributed by atoms with Crippen LogP contribution in [0.3, 0.4) is 0 Å². The average Bonchev–Trinajstić information content (AvgIpc) is 2.40. The van der Waals surface area contributed by atoms with Gasteiger partial charge < -0.3 is 10.1 Å². The Balaban J connectivity index is 1.88. The van der Waals surface area contributed by atoms with Crippen LogP contribution in [0.25, 0.3) is 0 Å². The number of rotatable bonds is 5. The van der Waals surface area contributed by atoms with Gasteiger partial charge in [0.15, 0.2) is 0 Å². The topological polar surface area (TPSA) is 21.3 Å². The molecule has 2 aromatic carbocycles. The van der Waals surface area contributed by atoms with Crippen LogP contribution in [0.5, 0.6) is 5.75 Å². The third kappa shape index (κ3) is 4.32. The van der Waals surface area contributed by atoms with E-state index in [1.54, 1.807) is 6.07 Å². The first-order valence-electron chi connectivity index (χ1n) is 6.47. The Morgan fingerprint density at radius 1 is 1.10 bits per heavy atom. The van der Waals surface area contributed by atoms with Gasteiger partial charge in [-0.2, -0.15) is 0 Å². The zero-order chi connectivity index (χ0) is 14.5. The summed E-state index contributed by atoms with van der Waals surface area (Å²) in [5, 5.41) is 4.38. The second kappa shape index (κ2) is 6.87. The van der Waals surface area contributed by atoms with E-state index in [-0.39, 0.29) is 6.10 Å². The van der Waals surface area contributed by atoms with E-state index in [1.807, 2.05) is 50.2 Å². The highest BCUT2D eigenvalue weighted by atomic mass is 35.5. The van der Waals surface area contributed by atoms with E-state index in [1.165, 1.54) is 5.56 Å². The van der Waals surface area contributed by atoms with E-state index in [2.05, 4.69) is 5.32 Å². The van der Waals surface area contributed by atoms with E-state index in [0.717, 1.165) is 11.4 Å². The smallest absolute Gasteiger partial charge is 0.120 e. The Morgan fingerprint density at radius 2 is 1.90 bits per heavy atom. The van der Waals surface area contributed by atoms with Crippen molar-refractivity contribution in [1.82, 2.24) is 0 Å². The van der Waals surface area contributed by atoms with Crippen LogP contribution in [0.2, 0.25) is 10.0 Å². The zero-order valence-electron chi connectivity index (χ0n) is 11.5. The van der Waals surface area contributed by atoms with Gasteiger partial charge in [-0.1, -0.05) is 35.3 Å². The molecule has 0 aliphatic rings. The SMILES string of the molecule is Cc1cccc(O[C@H](C)CNc2ccc(Cl)c(Cl)c2)c1. The molecule has 2 nitrogen and oxygen atoms in total. The lowest BCUT2D eigenvalue weighted by molar-refractivity contribution is 0.234. The number of halogens is 2. The van der Waals surface area contributed by atoms with Crippen molar-refractivity contribution in [2.75, 3.05) is 11.9 Å². The van der Waals surface area contributed by atoms with Crippen LogP contribution in [0, 0.1) is 6.92 Å². The number of ether oxygens (including phenoxy) is 1. The predicted octanol–water partition coefficient (Wildman–Crippen LogP) is 5.18. The van der Waals surface area contributed by atoms with E-state index >= 15 is 0 Å². The Bertz CT molecular complexity index is 586. The highest BCUT2D eigenvalue weighted by Gasteiger charge is 2.05. The van der Waals surface area contributed by atoms with Crippen molar-refractivity contribution in [3.63, 3.8) is 0 Å². The number of hydrogen-bond donors (Lipinski definition) is 1. The summed E-state index contributed by atoms with van der Waals surface area (Å²) in [5.41, 5.74) is 2.12. The fraction of sp³-hybridized carbons (Fsp3) is 0.250. The number of anilines is 1. The fourth-order valence-corrected chi connectivity index (χ4v) is 2.13. The van der Waals surface area contributed by atoms with Crippen molar-refractivity contribution in [2.24, 2.45) is 0 Å². The molecule has 2 rings (SSSR count). The van der Waals surface area contributed by atoms with Crippen molar-refractivity contribution >= 4 is 28.9 Å². The van der Waals surface area contributed by atoms with Gasteiger partial charge in [-0.15, -0.1) is 0 Å². The monoisotopic (exact) mass is 309 g/mol. The van der Waals surface area contributed by atoms with Gasteiger partial charge in [0.2, 0.25) is 0 Å². The van der Waals surface area contributed by atoms with Crippen LogP contribution in [0.4, 0.5) is 5.69 Å². The van der Waals surface area contributed by atoms with E-state index in [0.29, 0.717) is 16.6 Å². The molecule has 0 radical (unpaired) electrons. The maximum Gasteiger partial charge on any atom is 0.120 e. The van der Waals surface area contributed by atoms with Crippen molar-refractivity contribution in [1.29, 1.82) is 0 Å². The van der Waals surface area contributed by atoms with E-state index in [4.69, 9.17) is 27.9 Å². The number of aryl methyl sites for hydroxylation is 1. The molecule has 1 N–H and O–H groups in total. The van der Waals surface area contributed by atoms with Crippen LogP contribution in [-0.4, -0.2) is 12.6 Å². The number of benzene rings is 2. The molecule has 0 amide bonds. The maximum absolute atomic E-state index is 5.97. The van der Waals surface area contributed by atoms with Gasteiger partial charge >= 0.3 is 0 Å². The third-order valence-electron chi connectivity index (χ3n) is 2.84. The Kier molecular flexibility index (Phi) is 5.16. The van der Waals surface area contributed by atoms with Gasteiger partial charge in [0, 0.05) is 5.69 Å². The molecule has 0 bridgehead atoms. The highest BCUT2D eigenvalue weighted by Crippen LogP contribution is 2.25. The van der Waals surface area contributed by atoms with Crippen molar-refractivity contribution < 1.29 is 4.74 Å². The molecule has 2 aromatic rings. The first-order valence-corrected chi connectivity index (χ1v) is 7.22. The lowest BCUT2D eigenvalue weighted by Gasteiger charge is -2.16. The molecule has 0 saturated heterocycles. The van der Waals surface area contributed by atoms with Crippen LogP contribution < -0.4 is 10.1 Å². The van der Waals surface area contributed by atoms with E-state index < -0.39 is 0 Å².